The van der Waals surface area contributed by atoms with Gasteiger partial charge in [0.15, 0.2) is 0 Å². The quantitative estimate of drug-likeness (QED) is 0.528. The molecule has 4 nitrogen and oxygen atoms in total. The summed E-state index contributed by atoms with van der Waals surface area (Å²) in [5.41, 5.74) is 7.77. The molecule has 25 heavy (non-hydrogen) atoms. The molecule has 0 unspecified atom stereocenters. The lowest BCUT2D eigenvalue weighted by molar-refractivity contribution is 0.474. The number of benzene rings is 2. The van der Waals surface area contributed by atoms with Crippen LogP contribution in [0.4, 0.5) is 5.95 Å². The van der Waals surface area contributed by atoms with E-state index in [4.69, 9.17) is 5.73 Å². The Kier molecular flexibility index (Phi) is 4.07. The number of hydrogen-bond donors (Lipinski definition) is 2. The minimum Gasteiger partial charge on any atom is -0.508 e. The summed E-state index contributed by atoms with van der Waals surface area (Å²) in [6.45, 7) is 2.11. The fourth-order valence-electron chi connectivity index (χ4n) is 2.69. The summed E-state index contributed by atoms with van der Waals surface area (Å²) in [5.74, 6) is 0.566. The minimum atomic E-state index is 0.279. The van der Waals surface area contributed by atoms with Crippen LogP contribution >= 0.6 is 23.1 Å². The first-order chi connectivity index (χ1) is 12.1. The number of thiophene rings is 1. The SMILES string of the molecule is Cc1c(-c2ccnc(N)n2)sc2ccc(Sc3cccc(O)c3)cc12. The Morgan fingerprint density at radius 1 is 1.08 bits per heavy atom. The Balaban J connectivity index is 1.75. The molecule has 124 valence electrons. The number of phenols is 1. The number of hydrogen-bond acceptors (Lipinski definition) is 6. The molecule has 0 saturated heterocycles. The van der Waals surface area contributed by atoms with E-state index in [1.807, 2.05) is 18.2 Å². The van der Waals surface area contributed by atoms with Gasteiger partial charge in [0.05, 0.1) is 10.6 Å². The largest absolute Gasteiger partial charge is 0.508 e. The van der Waals surface area contributed by atoms with Gasteiger partial charge in [0.1, 0.15) is 5.75 Å². The molecule has 0 atom stereocenters. The van der Waals surface area contributed by atoms with Crippen molar-refractivity contribution in [3.05, 3.63) is 60.3 Å². The third-order valence-corrected chi connectivity index (χ3v) is 6.14. The van der Waals surface area contributed by atoms with E-state index < -0.39 is 0 Å². The van der Waals surface area contributed by atoms with E-state index in [0.29, 0.717) is 0 Å². The summed E-state index contributed by atoms with van der Waals surface area (Å²) in [4.78, 5) is 11.6. The maximum Gasteiger partial charge on any atom is 0.220 e. The van der Waals surface area contributed by atoms with Gasteiger partial charge in [0.2, 0.25) is 5.95 Å². The maximum absolute atomic E-state index is 9.62. The first-order valence-corrected chi connectivity index (χ1v) is 9.32. The molecule has 0 spiro atoms. The van der Waals surface area contributed by atoms with Crippen LogP contribution in [-0.2, 0) is 0 Å². The third kappa shape index (κ3) is 3.18. The van der Waals surface area contributed by atoms with E-state index in [-0.39, 0.29) is 11.7 Å². The molecule has 6 heteroatoms. The van der Waals surface area contributed by atoms with Gasteiger partial charge < -0.3 is 10.8 Å². The molecule has 0 bridgehead atoms. The predicted molar refractivity (Wildman–Crippen MR) is 104 cm³/mol. The van der Waals surface area contributed by atoms with Crippen LogP contribution in [0.2, 0.25) is 0 Å². The molecule has 0 aliphatic heterocycles. The van der Waals surface area contributed by atoms with Crippen molar-refractivity contribution in [3.63, 3.8) is 0 Å². The number of nitrogen functional groups attached to an aromatic ring is 1. The Hall–Kier alpha value is -2.57. The predicted octanol–water partition coefficient (Wildman–Crippen LogP) is 5.11. The van der Waals surface area contributed by atoms with Gasteiger partial charge in [-0.1, -0.05) is 17.8 Å². The average Bonchev–Trinajstić information content (AvgIpc) is 2.92. The van der Waals surface area contributed by atoms with Crippen LogP contribution in [-0.4, -0.2) is 15.1 Å². The summed E-state index contributed by atoms with van der Waals surface area (Å²) < 4.78 is 1.21. The molecule has 2 aromatic carbocycles. The zero-order valence-corrected chi connectivity index (χ0v) is 15.1. The Labute approximate surface area is 153 Å². The van der Waals surface area contributed by atoms with E-state index >= 15 is 0 Å². The highest BCUT2D eigenvalue weighted by molar-refractivity contribution is 7.99. The number of aromatic nitrogens is 2. The first kappa shape index (κ1) is 15.9. The number of aryl methyl sites for hydroxylation is 1. The summed E-state index contributed by atoms with van der Waals surface area (Å²) in [5, 5.41) is 10.8. The van der Waals surface area contributed by atoms with Crippen molar-refractivity contribution in [1.82, 2.24) is 9.97 Å². The van der Waals surface area contributed by atoms with Crippen LogP contribution in [0.15, 0.2) is 64.5 Å². The summed E-state index contributed by atoms with van der Waals surface area (Å²) in [6.07, 6.45) is 1.69. The van der Waals surface area contributed by atoms with Crippen molar-refractivity contribution in [1.29, 1.82) is 0 Å². The molecule has 0 amide bonds. The number of aromatic hydroxyl groups is 1. The number of nitrogens with two attached hydrogens (primary N) is 1. The second-order valence-corrected chi connectivity index (χ2v) is 7.81. The third-order valence-electron chi connectivity index (χ3n) is 3.87. The second kappa shape index (κ2) is 6.38. The fraction of sp³-hybridized carbons (Fsp3) is 0.0526. The van der Waals surface area contributed by atoms with Gasteiger partial charge in [-0.2, -0.15) is 0 Å². The normalized spacial score (nSPS) is 11.1. The van der Waals surface area contributed by atoms with Gasteiger partial charge in [-0.3, -0.25) is 0 Å². The number of anilines is 1. The van der Waals surface area contributed by atoms with Crippen LogP contribution < -0.4 is 5.73 Å². The van der Waals surface area contributed by atoms with Gasteiger partial charge in [0.25, 0.3) is 0 Å². The maximum atomic E-state index is 9.62. The molecule has 3 N–H and O–H groups in total. The van der Waals surface area contributed by atoms with Crippen molar-refractivity contribution >= 4 is 39.1 Å². The minimum absolute atomic E-state index is 0.279. The molecule has 0 aliphatic rings. The highest BCUT2D eigenvalue weighted by Crippen LogP contribution is 2.40. The van der Waals surface area contributed by atoms with Crippen molar-refractivity contribution in [2.75, 3.05) is 5.73 Å². The van der Waals surface area contributed by atoms with Gasteiger partial charge in [0, 0.05) is 20.7 Å². The molecule has 0 fully saturated rings. The smallest absolute Gasteiger partial charge is 0.220 e. The Morgan fingerprint density at radius 2 is 1.92 bits per heavy atom. The van der Waals surface area contributed by atoms with Crippen LogP contribution in [0, 0.1) is 6.92 Å². The number of fused-ring (bicyclic) bond motifs is 1. The number of nitrogens with zero attached hydrogens (tertiary/aromatic N) is 2. The van der Waals surface area contributed by atoms with E-state index in [1.54, 1.807) is 41.4 Å². The van der Waals surface area contributed by atoms with Gasteiger partial charge in [-0.15, -0.1) is 11.3 Å². The number of phenolic OH excluding ortho intramolecular Hbond substituents is 1. The van der Waals surface area contributed by atoms with E-state index in [1.165, 1.54) is 15.6 Å². The fourth-order valence-corrected chi connectivity index (χ4v) is 4.76. The van der Waals surface area contributed by atoms with Crippen LogP contribution in [0.5, 0.6) is 5.75 Å². The first-order valence-electron chi connectivity index (χ1n) is 7.69. The van der Waals surface area contributed by atoms with Crippen molar-refractivity contribution < 1.29 is 5.11 Å². The Bertz CT molecular complexity index is 1080. The van der Waals surface area contributed by atoms with E-state index in [0.717, 1.165) is 20.4 Å². The zero-order valence-electron chi connectivity index (χ0n) is 13.4. The van der Waals surface area contributed by atoms with Crippen LogP contribution in [0.1, 0.15) is 5.56 Å². The molecule has 2 heterocycles. The summed E-state index contributed by atoms with van der Waals surface area (Å²) >= 11 is 3.34. The average molecular weight is 365 g/mol. The molecule has 4 aromatic rings. The highest BCUT2D eigenvalue weighted by atomic mass is 32.2. The van der Waals surface area contributed by atoms with Crippen molar-refractivity contribution in [2.24, 2.45) is 0 Å². The lowest BCUT2D eigenvalue weighted by Crippen LogP contribution is -1.94. The van der Waals surface area contributed by atoms with Gasteiger partial charge in [-0.05, 0) is 60.3 Å². The molecule has 0 radical (unpaired) electrons. The van der Waals surface area contributed by atoms with Gasteiger partial charge >= 0.3 is 0 Å². The molecule has 0 aliphatic carbocycles. The number of rotatable bonds is 3. The van der Waals surface area contributed by atoms with Crippen LogP contribution in [0.3, 0.4) is 0 Å². The van der Waals surface area contributed by atoms with Crippen molar-refractivity contribution in [3.8, 4) is 16.3 Å². The van der Waals surface area contributed by atoms with Crippen LogP contribution in [0.25, 0.3) is 20.7 Å². The monoisotopic (exact) mass is 365 g/mol. The molecule has 0 saturated carbocycles. The van der Waals surface area contributed by atoms with E-state index in [9.17, 15) is 5.11 Å². The zero-order chi connectivity index (χ0) is 17.4. The van der Waals surface area contributed by atoms with Gasteiger partial charge in [-0.25, -0.2) is 9.97 Å². The Morgan fingerprint density at radius 3 is 2.72 bits per heavy atom. The topological polar surface area (TPSA) is 72.0 Å². The highest BCUT2D eigenvalue weighted by Gasteiger charge is 2.13. The molecular formula is C19H15N3OS2. The van der Waals surface area contributed by atoms with Crippen molar-refractivity contribution in [2.45, 2.75) is 16.7 Å². The molecule has 2 aromatic heterocycles. The standard InChI is InChI=1S/C19H15N3OS2/c1-11-15-10-14(24-13-4-2-3-12(23)9-13)5-6-17(15)25-18(11)16-7-8-21-19(20)22-16/h2-10,23H,1H3,(H2,20,21,22). The molecular weight excluding hydrogens is 350 g/mol. The lowest BCUT2D eigenvalue weighted by atomic mass is 10.1. The second-order valence-electron chi connectivity index (χ2n) is 5.61. The molecule has 4 rings (SSSR count). The summed E-state index contributed by atoms with van der Waals surface area (Å²) in [6, 6.07) is 15.6. The van der Waals surface area contributed by atoms with E-state index in [2.05, 4.69) is 35.1 Å². The summed E-state index contributed by atoms with van der Waals surface area (Å²) in [7, 11) is 0. The lowest BCUT2D eigenvalue weighted by Gasteiger charge is -2.03.